The molecule has 0 fully saturated rings. The van der Waals surface area contributed by atoms with Gasteiger partial charge in [-0.2, -0.15) is 5.10 Å². The normalized spacial score (nSPS) is 10.7. The molecule has 0 saturated heterocycles. The quantitative estimate of drug-likeness (QED) is 0.575. The molecule has 3 aromatic heterocycles. The van der Waals surface area contributed by atoms with Crippen LogP contribution in [-0.2, 0) is 11.2 Å². The standard InChI is InChI=1S/C18H13FN6OS/c19-15-6-13(3-4-16(15)25-11-21-10-22-25)23-17(26)7-14-9-27-18(24-14)12-2-1-5-20-8-12/h1-6,8-11H,7H2,(H,23,26). The molecule has 1 N–H and O–H groups in total. The van der Waals surface area contributed by atoms with Crippen LogP contribution in [0, 0.1) is 5.82 Å². The van der Waals surface area contributed by atoms with Crippen molar-refractivity contribution in [2.24, 2.45) is 0 Å². The van der Waals surface area contributed by atoms with Crippen molar-refractivity contribution >= 4 is 22.9 Å². The summed E-state index contributed by atoms with van der Waals surface area (Å²) in [4.78, 5) is 24.5. The second-order valence-electron chi connectivity index (χ2n) is 5.62. The first-order chi connectivity index (χ1) is 13.2. The molecule has 134 valence electrons. The highest BCUT2D eigenvalue weighted by Crippen LogP contribution is 2.23. The van der Waals surface area contributed by atoms with Crippen LogP contribution in [0.2, 0.25) is 0 Å². The summed E-state index contributed by atoms with van der Waals surface area (Å²) in [6, 6.07) is 8.13. The average Bonchev–Trinajstić information content (AvgIpc) is 3.35. The molecule has 0 spiro atoms. The topological polar surface area (TPSA) is 85.6 Å². The highest BCUT2D eigenvalue weighted by molar-refractivity contribution is 7.13. The smallest absolute Gasteiger partial charge is 0.230 e. The molecule has 4 rings (SSSR count). The minimum Gasteiger partial charge on any atom is -0.326 e. The van der Waals surface area contributed by atoms with Crippen molar-refractivity contribution in [1.29, 1.82) is 0 Å². The summed E-state index contributed by atoms with van der Waals surface area (Å²) in [5.74, 6) is -0.781. The largest absolute Gasteiger partial charge is 0.326 e. The maximum Gasteiger partial charge on any atom is 0.230 e. The van der Waals surface area contributed by atoms with Gasteiger partial charge in [0.15, 0.2) is 5.82 Å². The third-order valence-corrected chi connectivity index (χ3v) is 4.64. The van der Waals surface area contributed by atoms with Gasteiger partial charge in [0.25, 0.3) is 0 Å². The molecule has 1 amide bonds. The van der Waals surface area contributed by atoms with Gasteiger partial charge in [0.1, 0.15) is 23.3 Å². The summed E-state index contributed by atoms with van der Waals surface area (Å²) in [5, 5.41) is 9.20. The number of nitrogens with one attached hydrogen (secondary N) is 1. The van der Waals surface area contributed by atoms with Crippen LogP contribution in [0.15, 0.2) is 60.8 Å². The summed E-state index contributed by atoms with van der Waals surface area (Å²) in [6.07, 6.45) is 6.24. The van der Waals surface area contributed by atoms with Crippen molar-refractivity contribution < 1.29 is 9.18 Å². The number of rotatable bonds is 5. The van der Waals surface area contributed by atoms with E-state index in [1.165, 1.54) is 40.8 Å². The molecule has 0 bridgehead atoms. The number of hydrogen-bond donors (Lipinski definition) is 1. The number of pyridine rings is 1. The average molecular weight is 380 g/mol. The molecule has 7 nitrogen and oxygen atoms in total. The maximum absolute atomic E-state index is 14.2. The van der Waals surface area contributed by atoms with E-state index in [0.717, 1.165) is 10.6 Å². The second kappa shape index (κ2) is 7.42. The fraction of sp³-hybridized carbons (Fsp3) is 0.0556. The minimum absolute atomic E-state index is 0.100. The van der Waals surface area contributed by atoms with Crippen molar-refractivity contribution in [3.63, 3.8) is 0 Å². The number of carbonyl (C=O) groups is 1. The third kappa shape index (κ3) is 3.87. The lowest BCUT2D eigenvalue weighted by atomic mass is 10.2. The Bertz CT molecular complexity index is 1060. The summed E-state index contributed by atoms with van der Waals surface area (Å²) in [6.45, 7) is 0. The Hall–Kier alpha value is -3.46. The molecule has 0 aliphatic heterocycles. The Balaban J connectivity index is 1.43. The summed E-state index contributed by atoms with van der Waals surface area (Å²) < 4.78 is 15.5. The number of anilines is 1. The highest BCUT2D eigenvalue weighted by Gasteiger charge is 2.11. The van der Waals surface area contributed by atoms with E-state index in [1.807, 2.05) is 17.5 Å². The zero-order valence-corrected chi connectivity index (χ0v) is 14.7. The molecule has 0 atom stereocenters. The van der Waals surface area contributed by atoms with Gasteiger partial charge in [-0.15, -0.1) is 11.3 Å². The Labute approximate surface area is 157 Å². The van der Waals surface area contributed by atoms with Crippen molar-refractivity contribution in [3.8, 4) is 16.3 Å². The minimum atomic E-state index is -0.508. The number of hydrogen-bond acceptors (Lipinski definition) is 6. The van der Waals surface area contributed by atoms with E-state index in [4.69, 9.17) is 0 Å². The van der Waals surface area contributed by atoms with Crippen molar-refractivity contribution in [1.82, 2.24) is 24.7 Å². The molecule has 4 aromatic rings. The lowest BCUT2D eigenvalue weighted by Gasteiger charge is -2.07. The number of benzene rings is 1. The monoisotopic (exact) mass is 380 g/mol. The van der Waals surface area contributed by atoms with E-state index in [2.05, 4.69) is 25.4 Å². The van der Waals surface area contributed by atoms with Gasteiger partial charge in [-0.3, -0.25) is 9.78 Å². The van der Waals surface area contributed by atoms with Crippen LogP contribution in [0.1, 0.15) is 5.69 Å². The first kappa shape index (κ1) is 17.0. The van der Waals surface area contributed by atoms with E-state index >= 15 is 0 Å². The molecule has 3 heterocycles. The number of thiazole rings is 1. The van der Waals surface area contributed by atoms with Crippen LogP contribution in [0.3, 0.4) is 0 Å². The van der Waals surface area contributed by atoms with Crippen molar-refractivity contribution in [2.45, 2.75) is 6.42 Å². The number of halogens is 1. The summed E-state index contributed by atoms with van der Waals surface area (Å²) in [5.41, 5.74) is 2.17. The van der Waals surface area contributed by atoms with Crippen LogP contribution >= 0.6 is 11.3 Å². The van der Waals surface area contributed by atoms with Gasteiger partial charge in [0.05, 0.1) is 12.1 Å². The molecular formula is C18H13FN6OS. The van der Waals surface area contributed by atoms with Crippen LogP contribution in [-0.4, -0.2) is 30.6 Å². The van der Waals surface area contributed by atoms with Crippen LogP contribution in [0.25, 0.3) is 16.3 Å². The van der Waals surface area contributed by atoms with E-state index in [1.54, 1.807) is 18.5 Å². The SMILES string of the molecule is O=C(Cc1csc(-c2cccnc2)n1)Nc1ccc(-n2cncn2)c(F)c1. The Morgan fingerprint density at radius 1 is 1.26 bits per heavy atom. The lowest BCUT2D eigenvalue weighted by Crippen LogP contribution is -2.15. The van der Waals surface area contributed by atoms with Crippen LogP contribution < -0.4 is 5.32 Å². The van der Waals surface area contributed by atoms with Crippen LogP contribution in [0.4, 0.5) is 10.1 Å². The zero-order valence-electron chi connectivity index (χ0n) is 13.9. The van der Waals surface area contributed by atoms with Gasteiger partial charge >= 0.3 is 0 Å². The molecular weight excluding hydrogens is 367 g/mol. The number of nitrogens with zero attached hydrogens (tertiary/aromatic N) is 5. The van der Waals surface area contributed by atoms with Gasteiger partial charge in [0, 0.05) is 29.0 Å². The van der Waals surface area contributed by atoms with Gasteiger partial charge in [-0.25, -0.2) is 19.0 Å². The first-order valence-corrected chi connectivity index (χ1v) is 8.86. The second-order valence-corrected chi connectivity index (χ2v) is 6.47. The van der Waals surface area contributed by atoms with Gasteiger partial charge < -0.3 is 5.32 Å². The highest BCUT2D eigenvalue weighted by atomic mass is 32.1. The molecule has 0 radical (unpaired) electrons. The molecule has 9 heteroatoms. The molecule has 1 aromatic carbocycles. The molecule has 0 aliphatic carbocycles. The number of carbonyl (C=O) groups excluding carboxylic acids is 1. The summed E-state index contributed by atoms with van der Waals surface area (Å²) >= 11 is 1.45. The maximum atomic E-state index is 14.2. The van der Waals surface area contributed by atoms with Gasteiger partial charge in [-0.05, 0) is 30.3 Å². The van der Waals surface area contributed by atoms with Crippen molar-refractivity contribution in [2.75, 3.05) is 5.32 Å². The fourth-order valence-electron chi connectivity index (χ4n) is 2.48. The molecule has 0 aliphatic rings. The lowest BCUT2D eigenvalue weighted by molar-refractivity contribution is -0.115. The zero-order chi connectivity index (χ0) is 18.6. The Morgan fingerprint density at radius 2 is 2.19 bits per heavy atom. The Morgan fingerprint density at radius 3 is 2.93 bits per heavy atom. The van der Waals surface area contributed by atoms with E-state index in [9.17, 15) is 9.18 Å². The first-order valence-electron chi connectivity index (χ1n) is 7.98. The van der Waals surface area contributed by atoms with Crippen LogP contribution in [0.5, 0.6) is 0 Å². The van der Waals surface area contributed by atoms with E-state index in [-0.39, 0.29) is 18.0 Å². The summed E-state index contributed by atoms with van der Waals surface area (Å²) in [7, 11) is 0. The molecule has 27 heavy (non-hydrogen) atoms. The van der Waals surface area contributed by atoms with E-state index < -0.39 is 5.82 Å². The van der Waals surface area contributed by atoms with Gasteiger partial charge in [-0.1, -0.05) is 0 Å². The van der Waals surface area contributed by atoms with E-state index in [0.29, 0.717) is 11.4 Å². The third-order valence-electron chi connectivity index (χ3n) is 3.70. The number of amides is 1. The van der Waals surface area contributed by atoms with Crippen molar-refractivity contribution in [3.05, 3.63) is 72.3 Å². The fourth-order valence-corrected chi connectivity index (χ4v) is 3.29. The Kier molecular flexibility index (Phi) is 4.67. The molecule has 0 unspecified atom stereocenters. The number of aromatic nitrogens is 5. The van der Waals surface area contributed by atoms with Gasteiger partial charge in [0.2, 0.25) is 5.91 Å². The predicted octanol–water partition coefficient (Wildman–Crippen LogP) is 3.11. The predicted molar refractivity (Wildman–Crippen MR) is 99.0 cm³/mol. The molecule has 0 saturated carbocycles.